The molecule has 1 atom stereocenters. The van der Waals surface area contributed by atoms with E-state index in [-0.39, 0.29) is 6.04 Å². The van der Waals surface area contributed by atoms with Gasteiger partial charge in [-0.25, -0.2) is 0 Å². The number of methoxy groups -OCH3 is 1. The second-order valence-electron chi connectivity index (χ2n) is 5.61. The van der Waals surface area contributed by atoms with E-state index in [1.54, 1.807) is 17.9 Å². The van der Waals surface area contributed by atoms with Crippen LogP contribution in [-0.2, 0) is 0 Å². The van der Waals surface area contributed by atoms with Crippen LogP contribution in [0.15, 0.2) is 36.4 Å². The predicted octanol–water partition coefficient (Wildman–Crippen LogP) is 2.57. The van der Waals surface area contributed by atoms with Crippen LogP contribution in [0, 0.1) is 6.92 Å². The zero-order valence-electron chi connectivity index (χ0n) is 14.1. The Labute approximate surface area is 155 Å². The van der Waals surface area contributed by atoms with Crippen LogP contribution in [0.25, 0.3) is 5.69 Å². The van der Waals surface area contributed by atoms with Gasteiger partial charge >= 0.3 is 0 Å². The van der Waals surface area contributed by atoms with E-state index >= 15 is 0 Å². The Balaban J connectivity index is 2.15. The lowest BCUT2D eigenvalue weighted by Crippen LogP contribution is -2.81. The van der Waals surface area contributed by atoms with E-state index in [2.05, 4.69) is 15.5 Å². The van der Waals surface area contributed by atoms with Crippen molar-refractivity contribution >= 4 is 23.2 Å². The molecule has 1 aromatic heterocycles. The van der Waals surface area contributed by atoms with Crippen molar-refractivity contribution < 1.29 is 10.1 Å². The van der Waals surface area contributed by atoms with E-state index < -0.39 is 0 Å². The zero-order valence-corrected chi connectivity index (χ0v) is 15.6. The molecule has 0 bridgehead atoms. The van der Waals surface area contributed by atoms with Crippen LogP contribution in [0.2, 0.25) is 10.0 Å². The molecule has 0 aliphatic heterocycles. The van der Waals surface area contributed by atoms with E-state index in [0.29, 0.717) is 21.6 Å². The Morgan fingerprint density at radius 2 is 2.00 bits per heavy atom. The number of rotatable bonds is 5. The van der Waals surface area contributed by atoms with E-state index in [4.69, 9.17) is 27.9 Å². The fourth-order valence-electron chi connectivity index (χ4n) is 2.83. The number of nitrogens with two attached hydrogens (primary N) is 1. The molecule has 0 saturated heterocycles. The van der Waals surface area contributed by atoms with Crippen LogP contribution in [0.1, 0.15) is 23.0 Å². The first-order chi connectivity index (χ1) is 12.0. The summed E-state index contributed by atoms with van der Waals surface area (Å²) < 4.78 is 7.20. The Morgan fingerprint density at radius 1 is 1.20 bits per heavy atom. The monoisotopic (exact) mass is 378 g/mol. The van der Waals surface area contributed by atoms with Crippen molar-refractivity contribution in [1.82, 2.24) is 20.2 Å². The number of quaternary nitrogens is 1. The summed E-state index contributed by atoms with van der Waals surface area (Å²) >= 11 is 12.5. The fourth-order valence-corrected chi connectivity index (χ4v) is 3.41. The Bertz CT molecular complexity index is 896. The molecule has 0 amide bonds. The van der Waals surface area contributed by atoms with Gasteiger partial charge in [-0.05, 0) is 47.2 Å². The minimum Gasteiger partial charge on any atom is -0.495 e. The average molecular weight is 379 g/mol. The molecule has 8 heteroatoms. The first-order valence-corrected chi connectivity index (χ1v) is 8.48. The molecule has 0 radical (unpaired) electrons. The molecule has 0 aliphatic rings. The van der Waals surface area contributed by atoms with E-state index in [9.17, 15) is 0 Å². The van der Waals surface area contributed by atoms with Gasteiger partial charge in [-0.1, -0.05) is 35.3 Å². The summed E-state index contributed by atoms with van der Waals surface area (Å²) in [6.45, 7) is 2.02. The van der Waals surface area contributed by atoms with Gasteiger partial charge in [0, 0.05) is 5.02 Å². The third kappa shape index (κ3) is 3.46. The van der Waals surface area contributed by atoms with Crippen LogP contribution in [-0.4, -0.2) is 34.4 Å². The van der Waals surface area contributed by atoms with Crippen molar-refractivity contribution in [2.24, 2.45) is 0 Å². The SMILES string of the molecule is C[NH2+][C@H](c1cc(Cl)cc(Cl)c1OC)c1nnnn1-c1cccc(C)c1. The van der Waals surface area contributed by atoms with Gasteiger partial charge < -0.3 is 10.1 Å². The average Bonchev–Trinajstić information content (AvgIpc) is 3.05. The summed E-state index contributed by atoms with van der Waals surface area (Å²) in [7, 11) is 3.52. The van der Waals surface area contributed by atoms with E-state index in [0.717, 1.165) is 16.8 Å². The second kappa shape index (κ2) is 7.39. The minimum absolute atomic E-state index is 0.235. The van der Waals surface area contributed by atoms with Gasteiger partial charge in [0.25, 0.3) is 0 Å². The normalized spacial score (nSPS) is 12.2. The van der Waals surface area contributed by atoms with Gasteiger partial charge in [-0.3, -0.25) is 0 Å². The maximum absolute atomic E-state index is 6.29. The lowest BCUT2D eigenvalue weighted by atomic mass is 10.0. The Kier molecular flexibility index (Phi) is 5.22. The maximum Gasteiger partial charge on any atom is 0.219 e. The van der Waals surface area contributed by atoms with Crippen LogP contribution in [0.3, 0.4) is 0 Å². The number of aromatic nitrogens is 4. The lowest BCUT2D eigenvalue weighted by Gasteiger charge is -2.17. The van der Waals surface area contributed by atoms with Crippen LogP contribution in [0.4, 0.5) is 0 Å². The van der Waals surface area contributed by atoms with E-state index in [1.165, 1.54) is 0 Å². The fraction of sp³-hybridized carbons (Fsp3) is 0.235. The lowest BCUT2D eigenvalue weighted by molar-refractivity contribution is -0.662. The first kappa shape index (κ1) is 17.7. The van der Waals surface area contributed by atoms with Crippen LogP contribution >= 0.6 is 23.2 Å². The van der Waals surface area contributed by atoms with Crippen molar-refractivity contribution in [3.8, 4) is 11.4 Å². The van der Waals surface area contributed by atoms with E-state index in [1.807, 2.05) is 49.6 Å². The Morgan fingerprint density at radius 3 is 2.68 bits per heavy atom. The van der Waals surface area contributed by atoms with Crippen molar-refractivity contribution in [3.05, 3.63) is 63.4 Å². The molecule has 3 rings (SSSR count). The molecule has 2 N–H and O–H groups in total. The molecule has 25 heavy (non-hydrogen) atoms. The molecular formula is C17H18Cl2N5O+. The van der Waals surface area contributed by atoms with Crippen LogP contribution in [0.5, 0.6) is 5.75 Å². The standard InChI is InChI=1S/C17H17Cl2N5O/c1-10-5-4-6-12(7-10)24-17(21-22-23-24)15(20-2)13-8-11(18)9-14(19)16(13)25-3/h4-9,15,20H,1-3H3/p+1/t15-/m1/s1. The molecule has 2 aromatic carbocycles. The first-order valence-electron chi connectivity index (χ1n) is 7.73. The molecule has 0 aliphatic carbocycles. The maximum atomic E-state index is 6.29. The number of tetrazole rings is 1. The molecule has 130 valence electrons. The summed E-state index contributed by atoms with van der Waals surface area (Å²) in [5.74, 6) is 1.22. The highest BCUT2D eigenvalue weighted by Crippen LogP contribution is 2.36. The minimum atomic E-state index is -0.235. The highest BCUT2D eigenvalue weighted by Gasteiger charge is 2.28. The summed E-state index contributed by atoms with van der Waals surface area (Å²) in [4.78, 5) is 0. The van der Waals surface area contributed by atoms with Crippen LogP contribution < -0.4 is 10.1 Å². The smallest absolute Gasteiger partial charge is 0.219 e. The van der Waals surface area contributed by atoms with Gasteiger partial charge in [0.05, 0.1) is 30.4 Å². The topological polar surface area (TPSA) is 69.4 Å². The summed E-state index contributed by atoms with van der Waals surface area (Å²) in [6, 6.07) is 11.2. The summed E-state index contributed by atoms with van der Waals surface area (Å²) in [6.07, 6.45) is 0. The van der Waals surface area contributed by atoms with Gasteiger partial charge in [0.2, 0.25) is 5.82 Å². The number of benzene rings is 2. The Hall–Kier alpha value is -2.15. The van der Waals surface area contributed by atoms with Crippen molar-refractivity contribution in [2.75, 3.05) is 14.2 Å². The predicted molar refractivity (Wildman–Crippen MR) is 96.6 cm³/mol. The number of hydrogen-bond acceptors (Lipinski definition) is 4. The summed E-state index contributed by atoms with van der Waals surface area (Å²) in [5, 5.41) is 15.2. The number of aryl methyl sites for hydroxylation is 1. The van der Waals surface area contributed by atoms with Gasteiger partial charge in [-0.15, -0.1) is 5.10 Å². The number of halogens is 2. The third-order valence-corrected chi connectivity index (χ3v) is 4.43. The van der Waals surface area contributed by atoms with Gasteiger partial charge in [-0.2, -0.15) is 4.68 Å². The molecule has 0 fully saturated rings. The zero-order chi connectivity index (χ0) is 18.0. The highest BCUT2D eigenvalue weighted by atomic mass is 35.5. The molecule has 3 aromatic rings. The number of ether oxygens (including phenoxy) is 1. The molecular weight excluding hydrogens is 361 g/mol. The molecule has 0 spiro atoms. The highest BCUT2D eigenvalue weighted by molar-refractivity contribution is 6.35. The van der Waals surface area contributed by atoms with Crippen molar-refractivity contribution in [2.45, 2.75) is 13.0 Å². The quantitative estimate of drug-likeness (QED) is 0.740. The second-order valence-corrected chi connectivity index (χ2v) is 6.45. The molecule has 0 unspecified atom stereocenters. The van der Waals surface area contributed by atoms with Crippen molar-refractivity contribution in [3.63, 3.8) is 0 Å². The number of nitrogens with zero attached hydrogens (tertiary/aromatic N) is 4. The molecule has 1 heterocycles. The molecule has 0 saturated carbocycles. The van der Waals surface area contributed by atoms with Crippen molar-refractivity contribution in [1.29, 1.82) is 0 Å². The third-order valence-electron chi connectivity index (χ3n) is 3.93. The summed E-state index contributed by atoms with van der Waals surface area (Å²) in [5.41, 5.74) is 2.82. The largest absolute Gasteiger partial charge is 0.495 e. The van der Waals surface area contributed by atoms with Gasteiger partial charge in [0.1, 0.15) is 5.75 Å². The van der Waals surface area contributed by atoms with Gasteiger partial charge in [0.15, 0.2) is 6.04 Å². The number of hydrogen-bond donors (Lipinski definition) is 1. The molecule has 6 nitrogen and oxygen atoms in total.